The number of benzene rings is 3. The van der Waals surface area contributed by atoms with E-state index in [1.165, 1.54) is 11.1 Å². The third-order valence-corrected chi connectivity index (χ3v) is 5.66. The number of aryl methyl sites for hydroxylation is 2. The van der Waals surface area contributed by atoms with E-state index in [0.717, 1.165) is 22.6 Å². The number of carbonyl (C=O) groups is 1. The number of halogens is 1. The maximum atomic E-state index is 13.0. The van der Waals surface area contributed by atoms with Gasteiger partial charge in [0, 0.05) is 10.6 Å². The molecule has 5 nitrogen and oxygen atoms in total. The first kappa shape index (κ1) is 22.6. The molecule has 4 aromatic rings. The highest BCUT2D eigenvalue weighted by molar-refractivity contribution is 6.30. The number of rotatable bonds is 7. The van der Waals surface area contributed by atoms with Gasteiger partial charge in [0.1, 0.15) is 12.4 Å². The molecule has 0 saturated heterocycles. The fourth-order valence-electron chi connectivity index (χ4n) is 3.73. The number of aromatic nitrogens is 2. The lowest BCUT2D eigenvalue weighted by atomic mass is 10.1. The Bertz CT molecular complexity index is 1300. The van der Waals surface area contributed by atoms with Gasteiger partial charge in [-0.25, -0.2) is 0 Å². The number of anilines is 1. The molecule has 0 unspecified atom stereocenters. The Kier molecular flexibility index (Phi) is 6.80. The summed E-state index contributed by atoms with van der Waals surface area (Å²) in [6, 6.07) is 23.0. The zero-order chi connectivity index (χ0) is 23.4. The number of hydrogen-bond acceptors (Lipinski definition) is 3. The Labute approximate surface area is 199 Å². The molecule has 1 amide bonds. The summed E-state index contributed by atoms with van der Waals surface area (Å²) in [4.78, 5) is 13.0. The number of ether oxygens (including phenoxy) is 1. The van der Waals surface area contributed by atoms with E-state index in [1.54, 1.807) is 18.2 Å². The number of carbonyl (C=O) groups excluding carboxylic acids is 1. The summed E-state index contributed by atoms with van der Waals surface area (Å²) in [5.41, 5.74) is 6.29. The summed E-state index contributed by atoms with van der Waals surface area (Å²) >= 11 is 6.01. The van der Waals surface area contributed by atoms with Crippen LogP contribution < -0.4 is 10.1 Å². The Morgan fingerprint density at radius 2 is 1.73 bits per heavy atom. The Morgan fingerprint density at radius 3 is 2.52 bits per heavy atom. The van der Waals surface area contributed by atoms with Crippen molar-refractivity contribution in [3.8, 4) is 5.75 Å². The summed E-state index contributed by atoms with van der Waals surface area (Å²) in [7, 11) is 0. The van der Waals surface area contributed by atoms with Gasteiger partial charge in [-0.1, -0.05) is 59.6 Å². The molecule has 3 aromatic carbocycles. The molecule has 0 aliphatic rings. The van der Waals surface area contributed by atoms with Gasteiger partial charge in [-0.05, 0) is 62.2 Å². The molecule has 4 rings (SSSR count). The van der Waals surface area contributed by atoms with E-state index in [2.05, 4.69) is 35.5 Å². The largest absolute Gasteiger partial charge is 0.489 e. The van der Waals surface area contributed by atoms with Crippen molar-refractivity contribution in [1.82, 2.24) is 9.78 Å². The van der Waals surface area contributed by atoms with Crippen LogP contribution in [0.1, 0.15) is 38.4 Å². The van der Waals surface area contributed by atoms with Crippen molar-refractivity contribution in [2.24, 2.45) is 0 Å². The smallest absolute Gasteiger partial charge is 0.255 e. The Hall–Kier alpha value is -3.57. The SMILES string of the molecule is Cc1cccc(Cn2nc(C)c(NC(=O)c3cccc(COc4cccc(Cl)c4)c3)c2C)c1. The lowest BCUT2D eigenvalue weighted by molar-refractivity contribution is 0.102. The molecule has 0 fully saturated rings. The Morgan fingerprint density at radius 1 is 0.970 bits per heavy atom. The third kappa shape index (κ3) is 5.62. The Balaban J connectivity index is 1.46. The summed E-state index contributed by atoms with van der Waals surface area (Å²) in [5.74, 6) is 0.505. The standard InChI is InChI=1S/C27H26ClN3O2/c1-18-7-4-8-21(13-18)16-31-20(3)26(19(2)30-31)29-27(32)23-10-5-9-22(14-23)17-33-25-12-6-11-24(28)15-25/h4-15H,16-17H2,1-3H3,(H,29,32). The van der Waals surface area contributed by atoms with Crippen molar-refractivity contribution in [3.63, 3.8) is 0 Å². The molecule has 0 bridgehead atoms. The summed E-state index contributed by atoms with van der Waals surface area (Å²) in [6.07, 6.45) is 0. The molecule has 0 spiro atoms. The van der Waals surface area contributed by atoms with E-state index in [-0.39, 0.29) is 5.91 Å². The average molecular weight is 460 g/mol. The van der Waals surface area contributed by atoms with Crippen LogP contribution in [0.25, 0.3) is 0 Å². The first-order chi connectivity index (χ1) is 15.9. The van der Waals surface area contributed by atoms with Crippen molar-refractivity contribution >= 4 is 23.2 Å². The molecule has 0 aliphatic heterocycles. The molecular formula is C27H26ClN3O2. The van der Waals surface area contributed by atoms with Crippen molar-refractivity contribution in [2.45, 2.75) is 33.9 Å². The van der Waals surface area contributed by atoms with Crippen LogP contribution in [0.15, 0.2) is 72.8 Å². The van der Waals surface area contributed by atoms with E-state index < -0.39 is 0 Å². The summed E-state index contributed by atoms with van der Waals surface area (Å²) in [5, 5.41) is 8.30. The molecule has 0 aliphatic carbocycles. The molecule has 0 saturated carbocycles. The topological polar surface area (TPSA) is 56.2 Å². The molecule has 6 heteroatoms. The van der Waals surface area contributed by atoms with Gasteiger partial charge in [0.05, 0.1) is 23.6 Å². The molecule has 0 radical (unpaired) electrons. The summed E-state index contributed by atoms with van der Waals surface area (Å²) in [6.45, 7) is 6.95. The van der Waals surface area contributed by atoms with E-state index in [1.807, 2.05) is 54.9 Å². The second kappa shape index (κ2) is 9.92. The minimum Gasteiger partial charge on any atom is -0.489 e. The van der Waals surface area contributed by atoms with Gasteiger partial charge >= 0.3 is 0 Å². The number of hydrogen-bond donors (Lipinski definition) is 1. The fourth-order valence-corrected chi connectivity index (χ4v) is 3.91. The van der Waals surface area contributed by atoms with E-state index in [4.69, 9.17) is 16.3 Å². The molecule has 33 heavy (non-hydrogen) atoms. The van der Waals surface area contributed by atoms with Gasteiger partial charge in [-0.3, -0.25) is 9.48 Å². The van der Waals surface area contributed by atoms with Crippen LogP contribution >= 0.6 is 11.6 Å². The number of nitrogens with zero attached hydrogens (tertiary/aromatic N) is 2. The highest BCUT2D eigenvalue weighted by Gasteiger charge is 2.16. The van der Waals surface area contributed by atoms with E-state index in [0.29, 0.717) is 29.5 Å². The predicted molar refractivity (Wildman–Crippen MR) is 132 cm³/mol. The van der Waals surface area contributed by atoms with Crippen molar-refractivity contribution < 1.29 is 9.53 Å². The highest BCUT2D eigenvalue weighted by Crippen LogP contribution is 2.22. The van der Waals surface area contributed by atoms with Gasteiger partial charge < -0.3 is 10.1 Å². The number of amides is 1. The van der Waals surface area contributed by atoms with Crippen LogP contribution in [0.4, 0.5) is 5.69 Å². The quantitative estimate of drug-likeness (QED) is 0.350. The van der Waals surface area contributed by atoms with E-state index >= 15 is 0 Å². The normalized spacial score (nSPS) is 10.8. The second-order valence-electron chi connectivity index (χ2n) is 8.09. The maximum absolute atomic E-state index is 13.0. The lowest BCUT2D eigenvalue weighted by Crippen LogP contribution is -2.14. The number of nitrogens with one attached hydrogen (secondary N) is 1. The van der Waals surface area contributed by atoms with Crippen LogP contribution in [0.5, 0.6) is 5.75 Å². The van der Waals surface area contributed by atoms with Gasteiger partial charge in [0.15, 0.2) is 0 Å². The summed E-state index contributed by atoms with van der Waals surface area (Å²) < 4.78 is 7.73. The zero-order valence-corrected chi connectivity index (χ0v) is 19.7. The first-order valence-corrected chi connectivity index (χ1v) is 11.1. The second-order valence-corrected chi connectivity index (χ2v) is 8.53. The molecule has 1 aromatic heterocycles. The molecule has 1 N–H and O–H groups in total. The first-order valence-electron chi connectivity index (χ1n) is 10.8. The van der Waals surface area contributed by atoms with Crippen molar-refractivity contribution in [1.29, 1.82) is 0 Å². The minimum absolute atomic E-state index is 0.180. The zero-order valence-electron chi connectivity index (χ0n) is 18.9. The van der Waals surface area contributed by atoms with Crippen LogP contribution in [0.3, 0.4) is 0 Å². The monoisotopic (exact) mass is 459 g/mol. The van der Waals surface area contributed by atoms with Gasteiger partial charge in [-0.15, -0.1) is 0 Å². The van der Waals surface area contributed by atoms with E-state index in [9.17, 15) is 4.79 Å². The minimum atomic E-state index is -0.180. The van der Waals surface area contributed by atoms with Crippen LogP contribution in [0.2, 0.25) is 5.02 Å². The molecule has 0 atom stereocenters. The lowest BCUT2D eigenvalue weighted by Gasteiger charge is -2.10. The van der Waals surface area contributed by atoms with Crippen LogP contribution in [-0.4, -0.2) is 15.7 Å². The van der Waals surface area contributed by atoms with Crippen LogP contribution in [-0.2, 0) is 13.2 Å². The van der Waals surface area contributed by atoms with Crippen LogP contribution in [0, 0.1) is 20.8 Å². The maximum Gasteiger partial charge on any atom is 0.255 e. The van der Waals surface area contributed by atoms with Gasteiger partial charge in [-0.2, -0.15) is 5.10 Å². The van der Waals surface area contributed by atoms with Gasteiger partial charge in [0.2, 0.25) is 0 Å². The predicted octanol–water partition coefficient (Wildman–Crippen LogP) is 6.34. The third-order valence-electron chi connectivity index (χ3n) is 5.43. The molecule has 168 valence electrons. The fraction of sp³-hybridized carbons (Fsp3) is 0.185. The van der Waals surface area contributed by atoms with Crippen molar-refractivity contribution in [2.75, 3.05) is 5.32 Å². The highest BCUT2D eigenvalue weighted by atomic mass is 35.5. The van der Waals surface area contributed by atoms with Gasteiger partial charge in [0.25, 0.3) is 5.91 Å². The van der Waals surface area contributed by atoms with Crippen molar-refractivity contribution in [3.05, 3.63) is 111 Å². The molecule has 1 heterocycles. The average Bonchev–Trinajstić information content (AvgIpc) is 3.05. The molecular weight excluding hydrogens is 434 g/mol.